The van der Waals surface area contributed by atoms with Gasteiger partial charge in [-0.3, -0.25) is 4.79 Å². The summed E-state index contributed by atoms with van der Waals surface area (Å²) in [5, 5.41) is 1.01. The van der Waals surface area contributed by atoms with Gasteiger partial charge in [-0.05, 0) is 12.8 Å². The van der Waals surface area contributed by atoms with E-state index in [1.165, 1.54) is 32.1 Å². The van der Waals surface area contributed by atoms with E-state index in [0.717, 1.165) is 0 Å². The predicted octanol–water partition coefficient (Wildman–Crippen LogP) is 3.23. The first kappa shape index (κ1) is 10.1. The maximum Gasteiger partial charge on any atom is 0.191 e. The Labute approximate surface area is 79.3 Å². The molecule has 1 aliphatic rings. The van der Waals surface area contributed by atoms with Crippen LogP contribution in [0.5, 0.6) is 0 Å². The van der Waals surface area contributed by atoms with Crippen molar-refractivity contribution in [3.63, 3.8) is 0 Å². The van der Waals surface area contributed by atoms with Crippen LogP contribution in [0.1, 0.15) is 46.0 Å². The Morgan fingerprint density at radius 3 is 2.33 bits per heavy atom. The minimum absolute atomic E-state index is 0.205. The second-order valence-electron chi connectivity index (χ2n) is 3.85. The van der Waals surface area contributed by atoms with Crippen LogP contribution in [-0.2, 0) is 4.79 Å². The Bertz CT molecular complexity index is 148. The molecule has 1 nitrogen and oxygen atoms in total. The first-order valence-electron chi connectivity index (χ1n) is 4.90. The second kappa shape index (κ2) is 4.90. The van der Waals surface area contributed by atoms with Crippen LogP contribution in [0.25, 0.3) is 0 Å². The van der Waals surface area contributed by atoms with Gasteiger partial charge in [-0.25, -0.2) is 0 Å². The predicted molar refractivity (Wildman–Crippen MR) is 54.3 cm³/mol. The number of carbonyl (C=O) groups is 1. The van der Waals surface area contributed by atoms with E-state index in [0.29, 0.717) is 10.4 Å². The molecule has 0 saturated heterocycles. The lowest BCUT2D eigenvalue weighted by Gasteiger charge is -2.20. The van der Waals surface area contributed by atoms with E-state index in [1.807, 2.05) is 13.8 Å². The van der Waals surface area contributed by atoms with Gasteiger partial charge in [-0.15, -0.1) is 0 Å². The average molecular weight is 186 g/mol. The van der Waals surface area contributed by atoms with Gasteiger partial charge in [0.05, 0.1) is 0 Å². The van der Waals surface area contributed by atoms with E-state index in [2.05, 4.69) is 0 Å². The summed E-state index contributed by atoms with van der Waals surface area (Å²) < 4.78 is 0. The third-order valence-corrected chi connectivity index (χ3v) is 3.81. The quantitative estimate of drug-likeness (QED) is 0.658. The van der Waals surface area contributed by atoms with Crippen LogP contribution in [0.2, 0.25) is 0 Å². The number of carbonyl (C=O) groups excluding carboxylic acids is 1. The van der Waals surface area contributed by atoms with Gasteiger partial charge in [0.25, 0.3) is 0 Å². The molecule has 0 heterocycles. The van der Waals surface area contributed by atoms with E-state index >= 15 is 0 Å². The first-order valence-corrected chi connectivity index (χ1v) is 5.78. The Hall–Kier alpha value is 0.0200. The standard InChI is InChI=1S/C10H18OS/c1-8(2)10(11)12-9-6-4-3-5-7-9/h8-9H,3-7H2,1-2H3. The SMILES string of the molecule is CC(C)C(=O)SC1CCCCC1. The van der Waals surface area contributed by atoms with Crippen molar-refractivity contribution in [2.75, 3.05) is 0 Å². The highest BCUT2D eigenvalue weighted by atomic mass is 32.2. The topological polar surface area (TPSA) is 17.1 Å². The van der Waals surface area contributed by atoms with Gasteiger partial charge in [0, 0.05) is 11.2 Å². The van der Waals surface area contributed by atoms with E-state index in [1.54, 1.807) is 11.8 Å². The second-order valence-corrected chi connectivity index (χ2v) is 5.16. The molecule has 1 aliphatic carbocycles. The molecule has 12 heavy (non-hydrogen) atoms. The van der Waals surface area contributed by atoms with Gasteiger partial charge in [0.15, 0.2) is 5.12 Å². The summed E-state index contributed by atoms with van der Waals surface area (Å²) >= 11 is 1.59. The minimum atomic E-state index is 0.205. The Balaban J connectivity index is 2.24. The van der Waals surface area contributed by atoms with E-state index in [-0.39, 0.29) is 5.92 Å². The van der Waals surface area contributed by atoms with E-state index in [9.17, 15) is 4.79 Å². The summed E-state index contributed by atoms with van der Waals surface area (Å²) in [4.78, 5) is 11.4. The maximum absolute atomic E-state index is 11.4. The van der Waals surface area contributed by atoms with Crippen molar-refractivity contribution in [3.8, 4) is 0 Å². The molecule has 0 bridgehead atoms. The maximum atomic E-state index is 11.4. The van der Waals surface area contributed by atoms with E-state index < -0.39 is 0 Å². The van der Waals surface area contributed by atoms with Gasteiger partial charge < -0.3 is 0 Å². The fraction of sp³-hybridized carbons (Fsp3) is 0.900. The molecule has 0 radical (unpaired) electrons. The van der Waals surface area contributed by atoms with Crippen LogP contribution in [0.15, 0.2) is 0 Å². The lowest BCUT2D eigenvalue weighted by Crippen LogP contribution is -2.13. The molecule has 0 aromatic heterocycles. The minimum Gasteiger partial charge on any atom is -0.287 e. The van der Waals surface area contributed by atoms with Crippen LogP contribution in [0.3, 0.4) is 0 Å². The molecule has 1 fully saturated rings. The first-order chi connectivity index (χ1) is 5.70. The smallest absolute Gasteiger partial charge is 0.191 e. The summed E-state index contributed by atoms with van der Waals surface area (Å²) in [6.45, 7) is 3.97. The molecule has 1 rings (SSSR count). The molecule has 0 amide bonds. The number of hydrogen-bond acceptors (Lipinski definition) is 2. The van der Waals surface area contributed by atoms with Gasteiger partial charge in [-0.2, -0.15) is 0 Å². The van der Waals surface area contributed by atoms with Crippen LogP contribution < -0.4 is 0 Å². The lowest BCUT2D eigenvalue weighted by atomic mass is 10.0. The highest BCUT2D eigenvalue weighted by Crippen LogP contribution is 2.29. The van der Waals surface area contributed by atoms with Gasteiger partial charge in [0.1, 0.15) is 0 Å². The lowest BCUT2D eigenvalue weighted by molar-refractivity contribution is -0.113. The van der Waals surface area contributed by atoms with Crippen LogP contribution in [0.4, 0.5) is 0 Å². The fourth-order valence-corrected chi connectivity index (χ4v) is 2.65. The summed E-state index contributed by atoms with van der Waals surface area (Å²) in [7, 11) is 0. The number of rotatable bonds is 2. The molecule has 0 aromatic carbocycles. The zero-order valence-electron chi connectivity index (χ0n) is 8.01. The van der Waals surface area contributed by atoms with Gasteiger partial charge in [-0.1, -0.05) is 44.9 Å². The molecule has 70 valence electrons. The molecular formula is C10H18OS. The van der Waals surface area contributed by atoms with Gasteiger partial charge >= 0.3 is 0 Å². The molecule has 0 N–H and O–H groups in total. The van der Waals surface area contributed by atoms with Crippen LogP contribution in [-0.4, -0.2) is 10.4 Å². The largest absolute Gasteiger partial charge is 0.287 e. The third-order valence-electron chi connectivity index (χ3n) is 2.31. The third kappa shape index (κ3) is 3.18. The molecule has 0 aliphatic heterocycles. The average Bonchev–Trinajstić information content (AvgIpc) is 2.06. The molecule has 0 unspecified atom stereocenters. The molecule has 0 aromatic rings. The number of hydrogen-bond donors (Lipinski definition) is 0. The number of thioether (sulfide) groups is 1. The van der Waals surface area contributed by atoms with Crippen molar-refractivity contribution in [2.24, 2.45) is 5.92 Å². The van der Waals surface area contributed by atoms with Crippen molar-refractivity contribution < 1.29 is 4.79 Å². The van der Waals surface area contributed by atoms with Crippen LogP contribution in [0, 0.1) is 5.92 Å². The van der Waals surface area contributed by atoms with Crippen molar-refractivity contribution in [3.05, 3.63) is 0 Å². The summed E-state index contributed by atoms with van der Waals surface area (Å²) in [5.74, 6) is 0.205. The molecular weight excluding hydrogens is 168 g/mol. The van der Waals surface area contributed by atoms with Crippen molar-refractivity contribution >= 4 is 16.9 Å². The highest BCUT2D eigenvalue weighted by molar-refractivity contribution is 8.14. The molecule has 0 atom stereocenters. The molecule has 0 spiro atoms. The summed E-state index contributed by atoms with van der Waals surface area (Å²) in [6, 6.07) is 0. The van der Waals surface area contributed by atoms with Gasteiger partial charge in [0.2, 0.25) is 0 Å². The van der Waals surface area contributed by atoms with Crippen LogP contribution >= 0.6 is 11.8 Å². The normalized spacial score (nSPS) is 19.9. The fourth-order valence-electron chi connectivity index (χ4n) is 1.48. The van der Waals surface area contributed by atoms with Crippen molar-refractivity contribution in [1.82, 2.24) is 0 Å². The molecule has 1 saturated carbocycles. The molecule has 2 heteroatoms. The van der Waals surface area contributed by atoms with Crippen molar-refractivity contribution in [2.45, 2.75) is 51.2 Å². The van der Waals surface area contributed by atoms with Crippen molar-refractivity contribution in [1.29, 1.82) is 0 Å². The summed E-state index contributed by atoms with van der Waals surface area (Å²) in [6.07, 6.45) is 6.52. The zero-order valence-corrected chi connectivity index (χ0v) is 8.82. The highest BCUT2D eigenvalue weighted by Gasteiger charge is 2.18. The zero-order chi connectivity index (χ0) is 8.97. The monoisotopic (exact) mass is 186 g/mol. The Kier molecular flexibility index (Phi) is 4.13. The summed E-state index contributed by atoms with van der Waals surface area (Å²) in [5.41, 5.74) is 0. The Morgan fingerprint density at radius 2 is 1.83 bits per heavy atom. The van der Waals surface area contributed by atoms with E-state index in [4.69, 9.17) is 0 Å². The Morgan fingerprint density at radius 1 is 1.25 bits per heavy atom.